The fourth-order valence-electron chi connectivity index (χ4n) is 1.60. The molecule has 3 nitrogen and oxygen atoms in total. The molecule has 1 atom stereocenters. The van der Waals surface area contributed by atoms with E-state index in [0.29, 0.717) is 18.3 Å². The largest absolute Gasteiger partial charge is 0.488 e. The highest BCUT2D eigenvalue weighted by Crippen LogP contribution is 2.36. The molecular weight excluding hydrogens is 442 g/mol. The number of hydrogen-bond acceptors (Lipinski definition) is 3. The maximum Gasteiger partial charge on any atom is 0.147 e. The van der Waals surface area contributed by atoms with Crippen LogP contribution in [0.15, 0.2) is 25.6 Å². The molecule has 0 bridgehead atoms. The Morgan fingerprint density at radius 2 is 1.89 bits per heavy atom. The lowest BCUT2D eigenvalue weighted by molar-refractivity contribution is 0.0115. The minimum Gasteiger partial charge on any atom is -0.488 e. The van der Waals surface area contributed by atoms with Crippen molar-refractivity contribution < 1.29 is 9.84 Å². The molecule has 2 N–H and O–H groups in total. The lowest BCUT2D eigenvalue weighted by atomic mass is 10.1. The van der Waals surface area contributed by atoms with Crippen molar-refractivity contribution in [1.82, 2.24) is 5.32 Å². The van der Waals surface area contributed by atoms with Crippen molar-refractivity contribution in [1.29, 1.82) is 0 Å². The molecule has 1 fully saturated rings. The van der Waals surface area contributed by atoms with E-state index in [0.717, 1.165) is 13.4 Å². The fraction of sp³-hybridized carbons (Fsp3) is 0.538. The topological polar surface area (TPSA) is 41.5 Å². The first kappa shape index (κ1) is 15.8. The van der Waals surface area contributed by atoms with E-state index in [1.54, 1.807) is 6.92 Å². The summed E-state index contributed by atoms with van der Waals surface area (Å²) in [5.74, 6) is 0.704. The standard InChI is InChI=1S/C13H16Br3NO2/c1-13(18,6-17-9-2-3-9)7-19-12-10(15)4-8(14)5-11(12)16/h4-5,9,17-18H,2-3,6-7H2,1H3. The average Bonchev–Trinajstić information content (AvgIpc) is 3.08. The van der Waals surface area contributed by atoms with Gasteiger partial charge in [0.15, 0.2) is 0 Å². The van der Waals surface area contributed by atoms with Crippen molar-refractivity contribution in [2.24, 2.45) is 0 Å². The molecule has 0 amide bonds. The molecule has 106 valence electrons. The van der Waals surface area contributed by atoms with Crippen LogP contribution in [0.25, 0.3) is 0 Å². The number of aliphatic hydroxyl groups is 1. The minimum absolute atomic E-state index is 0.242. The van der Waals surface area contributed by atoms with Gasteiger partial charge in [0.25, 0.3) is 0 Å². The summed E-state index contributed by atoms with van der Waals surface area (Å²) in [4.78, 5) is 0. The van der Waals surface area contributed by atoms with E-state index in [4.69, 9.17) is 4.74 Å². The van der Waals surface area contributed by atoms with Gasteiger partial charge in [0.2, 0.25) is 0 Å². The zero-order chi connectivity index (χ0) is 14.0. The first-order valence-corrected chi connectivity index (χ1v) is 8.48. The summed E-state index contributed by atoms with van der Waals surface area (Å²) in [7, 11) is 0. The third kappa shape index (κ3) is 5.01. The maximum absolute atomic E-state index is 10.3. The van der Waals surface area contributed by atoms with Crippen LogP contribution in [-0.2, 0) is 0 Å². The second-order valence-electron chi connectivity index (χ2n) is 5.14. The number of rotatable bonds is 6. The first-order chi connectivity index (χ1) is 8.87. The molecule has 0 aliphatic heterocycles. The van der Waals surface area contributed by atoms with Crippen molar-refractivity contribution in [3.05, 3.63) is 25.6 Å². The predicted molar refractivity (Wildman–Crippen MR) is 86.7 cm³/mol. The Morgan fingerprint density at radius 1 is 1.32 bits per heavy atom. The van der Waals surface area contributed by atoms with Crippen LogP contribution < -0.4 is 10.1 Å². The minimum atomic E-state index is -0.880. The van der Waals surface area contributed by atoms with Gasteiger partial charge in [0.1, 0.15) is 18.0 Å². The second-order valence-corrected chi connectivity index (χ2v) is 7.76. The fourth-order valence-corrected chi connectivity index (χ4v) is 4.08. The molecule has 1 aliphatic rings. The molecule has 1 unspecified atom stereocenters. The van der Waals surface area contributed by atoms with Crippen LogP contribution in [0.4, 0.5) is 0 Å². The Kier molecular flexibility index (Phi) is 5.34. The monoisotopic (exact) mass is 455 g/mol. The zero-order valence-corrected chi connectivity index (χ0v) is 15.3. The summed E-state index contributed by atoms with van der Waals surface area (Å²) in [5, 5.41) is 13.6. The molecule has 0 saturated heterocycles. The number of halogens is 3. The molecule has 1 aromatic rings. The van der Waals surface area contributed by atoms with E-state index < -0.39 is 5.60 Å². The molecule has 2 rings (SSSR count). The van der Waals surface area contributed by atoms with Crippen molar-refractivity contribution >= 4 is 47.8 Å². The third-order valence-corrected chi connectivity index (χ3v) is 4.48. The lowest BCUT2D eigenvalue weighted by Gasteiger charge is -2.24. The van der Waals surface area contributed by atoms with Gasteiger partial charge in [0.05, 0.1) is 8.95 Å². The summed E-state index contributed by atoms with van der Waals surface area (Å²) in [5.41, 5.74) is -0.880. The maximum atomic E-state index is 10.3. The van der Waals surface area contributed by atoms with Crippen molar-refractivity contribution in [3.8, 4) is 5.75 Å². The van der Waals surface area contributed by atoms with E-state index in [1.165, 1.54) is 12.8 Å². The third-order valence-electron chi connectivity index (χ3n) is 2.84. The van der Waals surface area contributed by atoms with Crippen LogP contribution in [0.3, 0.4) is 0 Å². The van der Waals surface area contributed by atoms with E-state index in [-0.39, 0.29) is 6.61 Å². The van der Waals surface area contributed by atoms with Gasteiger partial charge in [-0.3, -0.25) is 0 Å². The van der Waals surface area contributed by atoms with Gasteiger partial charge >= 0.3 is 0 Å². The summed E-state index contributed by atoms with van der Waals surface area (Å²) in [6.45, 7) is 2.57. The average molecular weight is 458 g/mol. The van der Waals surface area contributed by atoms with Gasteiger partial charge in [-0.05, 0) is 63.8 Å². The number of benzene rings is 1. The Labute approximate surface area is 138 Å². The molecule has 6 heteroatoms. The number of nitrogens with one attached hydrogen (secondary N) is 1. The zero-order valence-electron chi connectivity index (χ0n) is 10.5. The van der Waals surface area contributed by atoms with Crippen LogP contribution in [0.5, 0.6) is 5.75 Å². The van der Waals surface area contributed by atoms with Crippen molar-refractivity contribution in [2.75, 3.05) is 13.2 Å². The van der Waals surface area contributed by atoms with Crippen LogP contribution in [0.1, 0.15) is 19.8 Å². The summed E-state index contributed by atoms with van der Waals surface area (Å²) >= 11 is 10.3. The predicted octanol–water partition coefficient (Wildman–Crippen LogP) is 3.86. The van der Waals surface area contributed by atoms with Gasteiger partial charge < -0.3 is 15.2 Å². The number of ether oxygens (including phenoxy) is 1. The lowest BCUT2D eigenvalue weighted by Crippen LogP contribution is -2.43. The van der Waals surface area contributed by atoms with Crippen LogP contribution in [0, 0.1) is 0 Å². The Morgan fingerprint density at radius 3 is 2.42 bits per heavy atom. The quantitative estimate of drug-likeness (QED) is 0.681. The Bertz CT molecular complexity index is 438. The molecule has 19 heavy (non-hydrogen) atoms. The highest BCUT2D eigenvalue weighted by atomic mass is 79.9. The molecule has 0 radical (unpaired) electrons. The molecule has 0 heterocycles. The van der Waals surface area contributed by atoms with E-state index in [2.05, 4.69) is 53.1 Å². The van der Waals surface area contributed by atoms with Crippen LogP contribution in [0.2, 0.25) is 0 Å². The van der Waals surface area contributed by atoms with Gasteiger partial charge in [-0.15, -0.1) is 0 Å². The molecule has 0 spiro atoms. The highest BCUT2D eigenvalue weighted by molar-refractivity contribution is 9.11. The SMILES string of the molecule is CC(O)(CNC1CC1)COc1c(Br)cc(Br)cc1Br. The summed E-state index contributed by atoms with van der Waals surface area (Å²) < 4.78 is 8.39. The molecule has 1 aliphatic carbocycles. The Hall–Kier alpha value is 0.380. The first-order valence-electron chi connectivity index (χ1n) is 6.10. The smallest absolute Gasteiger partial charge is 0.147 e. The van der Waals surface area contributed by atoms with E-state index in [1.807, 2.05) is 12.1 Å². The van der Waals surface area contributed by atoms with Gasteiger partial charge in [0, 0.05) is 17.1 Å². The van der Waals surface area contributed by atoms with Crippen molar-refractivity contribution in [3.63, 3.8) is 0 Å². The molecule has 0 aromatic heterocycles. The summed E-state index contributed by atoms with van der Waals surface area (Å²) in [6, 6.07) is 4.41. The Balaban J connectivity index is 1.93. The normalized spacial score (nSPS) is 18.2. The van der Waals surface area contributed by atoms with Gasteiger partial charge in [-0.25, -0.2) is 0 Å². The number of hydrogen-bond donors (Lipinski definition) is 2. The van der Waals surface area contributed by atoms with Gasteiger partial charge in [-0.1, -0.05) is 15.9 Å². The second kappa shape index (κ2) is 6.43. The van der Waals surface area contributed by atoms with Crippen LogP contribution in [-0.4, -0.2) is 29.9 Å². The summed E-state index contributed by atoms with van der Waals surface area (Å²) in [6.07, 6.45) is 2.42. The van der Waals surface area contributed by atoms with Crippen molar-refractivity contribution in [2.45, 2.75) is 31.4 Å². The highest BCUT2D eigenvalue weighted by Gasteiger charge is 2.27. The van der Waals surface area contributed by atoms with Crippen LogP contribution >= 0.6 is 47.8 Å². The van der Waals surface area contributed by atoms with E-state index >= 15 is 0 Å². The molecule has 1 aromatic carbocycles. The molecular formula is C13H16Br3NO2. The molecule has 1 saturated carbocycles. The van der Waals surface area contributed by atoms with E-state index in [9.17, 15) is 5.11 Å². The van der Waals surface area contributed by atoms with Gasteiger partial charge in [-0.2, -0.15) is 0 Å².